The van der Waals surface area contributed by atoms with E-state index in [4.69, 9.17) is 11.5 Å². The van der Waals surface area contributed by atoms with Crippen LogP contribution in [0.15, 0.2) is 47.6 Å². The van der Waals surface area contributed by atoms with Crippen LogP contribution >= 0.6 is 0 Å². The lowest BCUT2D eigenvalue weighted by atomic mass is 10.1. The van der Waals surface area contributed by atoms with E-state index in [1.807, 2.05) is 18.2 Å². The van der Waals surface area contributed by atoms with E-state index in [1.54, 1.807) is 6.21 Å². The molecule has 0 saturated heterocycles. The Bertz CT molecular complexity index is 554. The largest absolute Gasteiger partial charge is 0.365 e. The van der Waals surface area contributed by atoms with E-state index in [1.165, 1.54) is 10.8 Å². The van der Waals surface area contributed by atoms with Gasteiger partial charge in [0.2, 0.25) is 6.21 Å². The van der Waals surface area contributed by atoms with Crippen molar-refractivity contribution < 1.29 is 5.10 Å². The standard InChI is InChI=1S/C12H12N4/c13-12(14)16-15-8-9-5-6-10-3-1-2-4-11(10)7-9/h1-8H,(H4,13,14,16)/p+1. The normalized spacial score (nSPS) is 10.8. The first-order chi connectivity index (χ1) is 7.75. The number of nitrogens with two attached hydrogens (primary N) is 2. The summed E-state index contributed by atoms with van der Waals surface area (Å²) >= 11 is 0. The number of benzene rings is 2. The van der Waals surface area contributed by atoms with E-state index < -0.39 is 0 Å². The lowest BCUT2D eigenvalue weighted by Crippen LogP contribution is -2.63. The van der Waals surface area contributed by atoms with Crippen LogP contribution in [0.2, 0.25) is 0 Å². The minimum absolute atomic E-state index is 0.0111. The van der Waals surface area contributed by atoms with Gasteiger partial charge in [0.05, 0.1) is 0 Å². The summed E-state index contributed by atoms with van der Waals surface area (Å²) in [6.07, 6.45) is 1.74. The van der Waals surface area contributed by atoms with Crippen molar-refractivity contribution in [1.82, 2.24) is 0 Å². The molecule has 0 heterocycles. The summed E-state index contributed by atoms with van der Waals surface area (Å²) in [5, 5.41) is 8.74. The maximum atomic E-state index is 5.19. The van der Waals surface area contributed by atoms with Gasteiger partial charge in [-0.2, -0.15) is 0 Å². The first kappa shape index (κ1) is 10.2. The molecule has 2 aromatic carbocycles. The average molecular weight is 213 g/mol. The second-order valence-corrected chi connectivity index (χ2v) is 3.42. The molecule has 2 aromatic rings. The fraction of sp³-hybridized carbons (Fsp3) is 0. The lowest BCUT2D eigenvalue weighted by Gasteiger charge is -1.96. The Morgan fingerprint density at radius 2 is 1.81 bits per heavy atom. The van der Waals surface area contributed by atoms with E-state index >= 15 is 0 Å². The summed E-state index contributed by atoms with van der Waals surface area (Å²) in [6.45, 7) is 0. The van der Waals surface area contributed by atoms with Crippen LogP contribution in [0.4, 0.5) is 0 Å². The van der Waals surface area contributed by atoms with Crippen LogP contribution in [0.5, 0.6) is 0 Å². The monoisotopic (exact) mass is 213 g/mol. The number of hydrazone groups is 1. The highest BCUT2D eigenvalue weighted by Gasteiger charge is 1.95. The van der Waals surface area contributed by atoms with Crippen molar-refractivity contribution in [2.75, 3.05) is 0 Å². The summed E-state index contributed by atoms with van der Waals surface area (Å²) in [5.74, 6) is 0.0111. The first-order valence-electron chi connectivity index (χ1n) is 4.92. The maximum absolute atomic E-state index is 5.19. The summed E-state index contributed by atoms with van der Waals surface area (Å²) < 4.78 is 0. The Labute approximate surface area is 93.3 Å². The van der Waals surface area contributed by atoms with Gasteiger partial charge in [-0.05, 0) is 22.9 Å². The number of nitrogens with one attached hydrogen (secondary N) is 1. The van der Waals surface area contributed by atoms with E-state index in [0.717, 1.165) is 5.56 Å². The zero-order valence-electron chi connectivity index (χ0n) is 8.72. The average Bonchev–Trinajstić information content (AvgIpc) is 2.28. The fourth-order valence-corrected chi connectivity index (χ4v) is 1.48. The zero-order chi connectivity index (χ0) is 11.4. The van der Waals surface area contributed by atoms with Crippen molar-refractivity contribution in [2.24, 2.45) is 16.6 Å². The molecule has 0 spiro atoms. The van der Waals surface area contributed by atoms with Crippen LogP contribution < -0.4 is 16.6 Å². The molecule has 0 aromatic heterocycles. The molecule has 0 amide bonds. The molecule has 0 fully saturated rings. The van der Waals surface area contributed by atoms with Gasteiger partial charge in [-0.3, -0.25) is 0 Å². The Balaban J connectivity index is 2.33. The van der Waals surface area contributed by atoms with Gasteiger partial charge >= 0.3 is 0 Å². The van der Waals surface area contributed by atoms with Crippen molar-refractivity contribution in [3.8, 4) is 0 Å². The minimum Gasteiger partial charge on any atom is -0.365 e. The Morgan fingerprint density at radius 3 is 2.56 bits per heavy atom. The van der Waals surface area contributed by atoms with Gasteiger partial charge in [0, 0.05) is 10.7 Å². The predicted octanol–water partition coefficient (Wildman–Crippen LogP) is -0.472. The van der Waals surface area contributed by atoms with E-state index in [9.17, 15) is 0 Å². The molecular weight excluding hydrogens is 200 g/mol. The quantitative estimate of drug-likeness (QED) is 0.358. The molecule has 0 bridgehead atoms. The van der Waals surface area contributed by atoms with Crippen LogP contribution in [0.1, 0.15) is 5.56 Å². The second-order valence-electron chi connectivity index (χ2n) is 3.42. The maximum Gasteiger partial charge on any atom is 0.256 e. The summed E-state index contributed by atoms with van der Waals surface area (Å²) in [5.41, 5.74) is 11.4. The number of hydrogen-bond donors (Lipinski definition) is 3. The van der Waals surface area contributed by atoms with E-state index in [-0.39, 0.29) is 5.96 Å². The molecule has 0 radical (unpaired) electrons. The molecule has 5 N–H and O–H groups in total. The van der Waals surface area contributed by atoms with Crippen molar-refractivity contribution in [1.29, 1.82) is 0 Å². The molecule has 0 aliphatic carbocycles. The third kappa shape index (κ3) is 2.36. The van der Waals surface area contributed by atoms with Crippen molar-refractivity contribution in [2.45, 2.75) is 0 Å². The van der Waals surface area contributed by atoms with Gasteiger partial charge in [0.1, 0.15) is 0 Å². The van der Waals surface area contributed by atoms with Crippen LogP contribution in [-0.4, -0.2) is 12.2 Å². The first-order valence-corrected chi connectivity index (χ1v) is 4.92. The van der Waals surface area contributed by atoms with Gasteiger partial charge in [-0.25, -0.2) is 0 Å². The molecule has 0 aliphatic rings. The number of nitrogens with zero attached hydrogens (tertiary/aromatic N) is 1. The molecule has 0 aliphatic heterocycles. The molecule has 4 heteroatoms. The fourth-order valence-electron chi connectivity index (χ4n) is 1.48. The lowest BCUT2D eigenvalue weighted by molar-refractivity contribution is -0.456. The van der Waals surface area contributed by atoms with Crippen LogP contribution in [0.3, 0.4) is 0 Å². The van der Waals surface area contributed by atoms with Gasteiger partial charge in [-0.15, -0.1) is 5.10 Å². The Kier molecular flexibility index (Phi) is 2.82. The van der Waals surface area contributed by atoms with Gasteiger partial charge in [0.15, 0.2) is 0 Å². The molecule has 2 rings (SSSR count). The highest BCUT2D eigenvalue weighted by atomic mass is 15.3. The highest BCUT2D eigenvalue weighted by Crippen LogP contribution is 2.13. The number of fused-ring (bicyclic) bond motifs is 1. The zero-order valence-corrected chi connectivity index (χ0v) is 8.72. The van der Waals surface area contributed by atoms with Crippen LogP contribution in [0.25, 0.3) is 10.8 Å². The number of hydrogen-bond acceptors (Lipinski definition) is 1. The van der Waals surface area contributed by atoms with Crippen molar-refractivity contribution >= 4 is 22.9 Å². The molecule has 16 heavy (non-hydrogen) atoms. The second kappa shape index (κ2) is 4.44. The van der Waals surface area contributed by atoms with Gasteiger partial charge < -0.3 is 11.5 Å². The third-order valence-electron chi connectivity index (χ3n) is 2.20. The van der Waals surface area contributed by atoms with Crippen molar-refractivity contribution in [3.05, 3.63) is 48.0 Å². The predicted molar refractivity (Wildman–Crippen MR) is 65.9 cm³/mol. The van der Waals surface area contributed by atoms with Crippen molar-refractivity contribution in [3.63, 3.8) is 0 Å². The number of rotatable bonds is 2. The SMILES string of the molecule is NC(N)=N[NH+]=Cc1ccc2ccccc2c1. The Morgan fingerprint density at radius 1 is 1.06 bits per heavy atom. The molecule has 0 unspecified atom stereocenters. The molecule has 0 atom stereocenters. The molecule has 4 nitrogen and oxygen atoms in total. The number of guanidine groups is 1. The minimum atomic E-state index is 0.0111. The summed E-state index contributed by atoms with van der Waals surface area (Å²) in [7, 11) is 0. The summed E-state index contributed by atoms with van der Waals surface area (Å²) in [4.78, 5) is 0. The molecule has 80 valence electrons. The highest BCUT2D eigenvalue weighted by molar-refractivity contribution is 5.88. The van der Waals surface area contributed by atoms with Gasteiger partial charge in [-0.1, -0.05) is 30.3 Å². The van der Waals surface area contributed by atoms with Gasteiger partial charge in [0.25, 0.3) is 5.96 Å². The third-order valence-corrected chi connectivity index (χ3v) is 2.20. The van der Waals surface area contributed by atoms with E-state index in [2.05, 4.69) is 34.5 Å². The van der Waals surface area contributed by atoms with E-state index in [0.29, 0.717) is 0 Å². The van der Waals surface area contributed by atoms with Crippen LogP contribution in [-0.2, 0) is 0 Å². The molecule has 0 saturated carbocycles. The smallest absolute Gasteiger partial charge is 0.256 e. The Hall–Kier alpha value is -2.36. The topological polar surface area (TPSA) is 78.4 Å². The van der Waals surface area contributed by atoms with Crippen LogP contribution in [0, 0.1) is 0 Å². The molecular formula is C12H13N4+. The summed E-state index contributed by atoms with van der Waals surface area (Å²) in [6, 6.07) is 14.3.